The van der Waals surface area contributed by atoms with E-state index in [1.165, 1.54) is 29.8 Å². The number of hydrogen-bond donors (Lipinski definition) is 0. The predicted molar refractivity (Wildman–Crippen MR) is 85.9 cm³/mol. The molecule has 2 aliphatic rings. The van der Waals surface area contributed by atoms with Gasteiger partial charge in [-0.3, -0.25) is 9.58 Å². The van der Waals surface area contributed by atoms with Gasteiger partial charge in [-0.25, -0.2) is 9.50 Å². The van der Waals surface area contributed by atoms with Crippen LogP contribution in [0.3, 0.4) is 0 Å². The molecule has 2 aliphatic heterocycles. The fourth-order valence-corrected chi connectivity index (χ4v) is 4.29. The molecule has 2 unspecified atom stereocenters. The van der Waals surface area contributed by atoms with Crippen molar-refractivity contribution in [2.45, 2.75) is 44.8 Å². The maximum absolute atomic E-state index is 4.66. The summed E-state index contributed by atoms with van der Waals surface area (Å²) in [4.78, 5) is 7.27. The zero-order chi connectivity index (χ0) is 15.6. The lowest BCUT2D eigenvalue weighted by Crippen LogP contribution is -2.38. The van der Waals surface area contributed by atoms with Gasteiger partial charge in [-0.05, 0) is 25.8 Å². The van der Waals surface area contributed by atoms with Gasteiger partial charge in [0.1, 0.15) is 0 Å². The average Bonchev–Trinajstić information content (AvgIpc) is 3.18. The van der Waals surface area contributed by atoms with Gasteiger partial charge in [0.2, 0.25) is 0 Å². The number of aryl methyl sites for hydroxylation is 2. The Morgan fingerprint density at radius 1 is 1.30 bits per heavy atom. The summed E-state index contributed by atoms with van der Waals surface area (Å²) in [6.07, 6.45) is 7.48. The van der Waals surface area contributed by atoms with Crippen LogP contribution in [0.1, 0.15) is 41.5 Å². The van der Waals surface area contributed by atoms with E-state index in [1.54, 1.807) is 0 Å². The highest BCUT2D eigenvalue weighted by atomic mass is 15.3. The van der Waals surface area contributed by atoms with E-state index in [4.69, 9.17) is 0 Å². The van der Waals surface area contributed by atoms with Crippen molar-refractivity contribution in [1.82, 2.24) is 29.3 Å². The lowest BCUT2D eigenvalue weighted by molar-refractivity contribution is 0.161. The third kappa shape index (κ3) is 1.88. The Balaban J connectivity index is 1.57. The highest BCUT2D eigenvalue weighted by molar-refractivity contribution is 5.44. The summed E-state index contributed by atoms with van der Waals surface area (Å²) >= 11 is 0. The molecule has 3 aromatic heterocycles. The van der Waals surface area contributed by atoms with Gasteiger partial charge in [0.15, 0.2) is 5.65 Å². The predicted octanol–water partition coefficient (Wildman–Crippen LogP) is 2.03. The fraction of sp³-hybridized carbons (Fsp3) is 0.471. The molecule has 6 nitrogen and oxygen atoms in total. The van der Waals surface area contributed by atoms with Crippen LogP contribution >= 0.6 is 0 Å². The largest absolute Gasteiger partial charge is 0.287 e. The Labute approximate surface area is 134 Å². The summed E-state index contributed by atoms with van der Waals surface area (Å²) < 4.78 is 4.05. The van der Waals surface area contributed by atoms with Crippen LogP contribution in [-0.2, 0) is 20.0 Å². The van der Waals surface area contributed by atoms with Crippen LogP contribution in [0.25, 0.3) is 5.65 Å². The van der Waals surface area contributed by atoms with Crippen molar-refractivity contribution in [2.75, 3.05) is 0 Å². The van der Waals surface area contributed by atoms with Crippen LogP contribution < -0.4 is 0 Å². The molecule has 2 atom stereocenters. The molecular weight excluding hydrogens is 288 g/mol. The SMILES string of the molecule is Cc1cc2ncc3c(n2n1)CC1CCC3N1Cc1ccnn1C. The van der Waals surface area contributed by atoms with E-state index in [-0.39, 0.29) is 0 Å². The van der Waals surface area contributed by atoms with Gasteiger partial charge in [0.05, 0.1) is 17.1 Å². The lowest BCUT2D eigenvalue weighted by Gasteiger charge is -2.36. The van der Waals surface area contributed by atoms with E-state index in [1.807, 2.05) is 24.9 Å². The Morgan fingerprint density at radius 3 is 3.04 bits per heavy atom. The standard InChI is InChI=1S/C17H20N6/c1-11-7-17-18-9-14-15-4-3-12(8-16(14)23(17)20-11)22(15)10-13-5-6-19-21(13)2/h5-7,9,12,15H,3-4,8,10H2,1-2H3. The first-order chi connectivity index (χ1) is 11.2. The van der Waals surface area contributed by atoms with Crippen molar-refractivity contribution in [2.24, 2.45) is 7.05 Å². The molecular formula is C17H20N6. The first kappa shape index (κ1) is 13.2. The summed E-state index contributed by atoms with van der Waals surface area (Å²) in [5.41, 5.74) is 6.00. The molecule has 0 aliphatic carbocycles. The minimum atomic E-state index is 0.458. The van der Waals surface area contributed by atoms with Crippen LogP contribution in [0.5, 0.6) is 0 Å². The Morgan fingerprint density at radius 2 is 2.22 bits per heavy atom. The first-order valence-electron chi connectivity index (χ1n) is 8.27. The van der Waals surface area contributed by atoms with Crippen molar-refractivity contribution >= 4 is 5.65 Å². The van der Waals surface area contributed by atoms with E-state index in [0.717, 1.165) is 24.3 Å². The molecule has 0 saturated carbocycles. The second-order valence-electron chi connectivity index (χ2n) is 6.79. The molecule has 0 aromatic carbocycles. The molecule has 0 spiro atoms. The number of aromatic nitrogens is 5. The van der Waals surface area contributed by atoms with Gasteiger partial charge in [-0.2, -0.15) is 10.2 Å². The zero-order valence-corrected chi connectivity index (χ0v) is 13.5. The molecule has 5 heterocycles. The number of rotatable bonds is 2. The Bertz CT molecular complexity index is 892. The fourth-order valence-electron chi connectivity index (χ4n) is 4.29. The van der Waals surface area contributed by atoms with Crippen LogP contribution in [-0.4, -0.2) is 35.3 Å². The monoisotopic (exact) mass is 308 g/mol. The smallest absolute Gasteiger partial charge is 0.155 e. The minimum Gasteiger partial charge on any atom is -0.287 e. The van der Waals surface area contributed by atoms with Crippen molar-refractivity contribution in [3.63, 3.8) is 0 Å². The summed E-state index contributed by atoms with van der Waals surface area (Å²) in [5, 5.41) is 8.96. The van der Waals surface area contributed by atoms with E-state index < -0.39 is 0 Å². The average molecular weight is 308 g/mol. The normalized spacial score (nSPS) is 23.6. The number of nitrogens with zero attached hydrogens (tertiary/aromatic N) is 6. The maximum atomic E-state index is 4.66. The minimum absolute atomic E-state index is 0.458. The number of hydrogen-bond acceptors (Lipinski definition) is 4. The summed E-state index contributed by atoms with van der Waals surface area (Å²) in [6, 6.07) is 5.23. The Kier molecular flexibility index (Phi) is 2.68. The van der Waals surface area contributed by atoms with Crippen LogP contribution in [0.4, 0.5) is 0 Å². The van der Waals surface area contributed by atoms with E-state index in [2.05, 4.69) is 42.9 Å². The lowest BCUT2D eigenvalue weighted by atomic mass is 9.99. The molecule has 6 heteroatoms. The molecule has 0 amide bonds. The summed E-state index contributed by atoms with van der Waals surface area (Å²) in [6.45, 7) is 2.99. The van der Waals surface area contributed by atoms with Crippen molar-refractivity contribution in [3.05, 3.63) is 47.2 Å². The van der Waals surface area contributed by atoms with E-state index in [9.17, 15) is 0 Å². The second-order valence-corrected chi connectivity index (χ2v) is 6.79. The second kappa shape index (κ2) is 4.64. The maximum Gasteiger partial charge on any atom is 0.155 e. The molecule has 3 aromatic rings. The molecule has 1 saturated heterocycles. The highest BCUT2D eigenvalue weighted by Crippen LogP contribution is 2.44. The molecule has 0 radical (unpaired) electrons. The van der Waals surface area contributed by atoms with Crippen LogP contribution in [0, 0.1) is 6.92 Å². The molecule has 1 fully saturated rings. The van der Waals surface area contributed by atoms with Crippen molar-refractivity contribution in [3.8, 4) is 0 Å². The Hall–Kier alpha value is -2.21. The highest BCUT2D eigenvalue weighted by Gasteiger charge is 2.41. The first-order valence-corrected chi connectivity index (χ1v) is 8.27. The van der Waals surface area contributed by atoms with Gasteiger partial charge in [-0.15, -0.1) is 0 Å². The van der Waals surface area contributed by atoms with Gasteiger partial charge < -0.3 is 0 Å². The molecule has 118 valence electrons. The third-order valence-corrected chi connectivity index (χ3v) is 5.44. The molecule has 5 rings (SSSR count). The summed E-state index contributed by atoms with van der Waals surface area (Å²) in [5.74, 6) is 0. The number of fused-ring (bicyclic) bond motifs is 6. The topological polar surface area (TPSA) is 51.2 Å². The summed E-state index contributed by atoms with van der Waals surface area (Å²) in [7, 11) is 2.02. The van der Waals surface area contributed by atoms with Crippen LogP contribution in [0.15, 0.2) is 24.5 Å². The molecule has 23 heavy (non-hydrogen) atoms. The van der Waals surface area contributed by atoms with Crippen molar-refractivity contribution in [1.29, 1.82) is 0 Å². The van der Waals surface area contributed by atoms with Crippen LogP contribution in [0.2, 0.25) is 0 Å². The quantitative estimate of drug-likeness (QED) is 0.727. The zero-order valence-electron chi connectivity index (χ0n) is 13.5. The van der Waals surface area contributed by atoms with Crippen molar-refractivity contribution < 1.29 is 0 Å². The van der Waals surface area contributed by atoms with Gasteiger partial charge in [0, 0.05) is 56.1 Å². The van der Waals surface area contributed by atoms with E-state index >= 15 is 0 Å². The van der Waals surface area contributed by atoms with Gasteiger partial charge in [0.25, 0.3) is 0 Å². The van der Waals surface area contributed by atoms with Gasteiger partial charge in [-0.1, -0.05) is 0 Å². The third-order valence-electron chi connectivity index (χ3n) is 5.44. The molecule has 0 N–H and O–H groups in total. The van der Waals surface area contributed by atoms with E-state index in [0.29, 0.717) is 12.1 Å². The van der Waals surface area contributed by atoms with Gasteiger partial charge >= 0.3 is 0 Å². The molecule has 2 bridgehead atoms.